The molecule has 1 amide bonds. The Labute approximate surface area is 183 Å². The molecule has 0 atom stereocenters. The van der Waals surface area contributed by atoms with Crippen LogP contribution < -0.4 is 10.9 Å². The van der Waals surface area contributed by atoms with Crippen molar-refractivity contribution in [1.82, 2.24) is 9.78 Å². The SMILES string of the molecule is CCOC(=O)c1nn(-c2ccc(F)cc2)c(=O)cc1NC(=O)c1cc(Br)ccc1Cl. The van der Waals surface area contributed by atoms with Gasteiger partial charge in [-0.25, -0.2) is 9.18 Å². The van der Waals surface area contributed by atoms with E-state index in [0.29, 0.717) is 4.47 Å². The van der Waals surface area contributed by atoms with Crippen LogP contribution >= 0.6 is 27.5 Å². The first-order valence-corrected chi connectivity index (χ1v) is 9.81. The third-order valence-electron chi connectivity index (χ3n) is 3.89. The summed E-state index contributed by atoms with van der Waals surface area (Å²) in [5.74, 6) is -1.98. The standard InChI is InChI=1S/C20H14BrClFN3O4/c1-2-30-20(29)18-16(24-19(28)14-9-11(21)3-8-15(14)22)10-17(27)26(25-18)13-6-4-12(23)5-7-13/h3-10H,2H2,1H3,(H,24,28). The smallest absolute Gasteiger partial charge is 0.360 e. The summed E-state index contributed by atoms with van der Waals surface area (Å²) in [6.45, 7) is 1.66. The first kappa shape index (κ1) is 21.7. The van der Waals surface area contributed by atoms with Crippen LogP contribution in [0.1, 0.15) is 27.8 Å². The Balaban J connectivity index is 2.07. The lowest BCUT2D eigenvalue weighted by Gasteiger charge is -2.13. The van der Waals surface area contributed by atoms with Crippen LogP contribution in [-0.2, 0) is 4.74 Å². The molecule has 154 valence electrons. The Kier molecular flexibility index (Phi) is 6.63. The van der Waals surface area contributed by atoms with Crippen LogP contribution in [-0.4, -0.2) is 28.3 Å². The van der Waals surface area contributed by atoms with Gasteiger partial charge >= 0.3 is 5.97 Å². The second-order valence-electron chi connectivity index (χ2n) is 5.93. The minimum Gasteiger partial charge on any atom is -0.461 e. The topological polar surface area (TPSA) is 90.3 Å². The van der Waals surface area contributed by atoms with Crippen LogP contribution in [0, 0.1) is 5.82 Å². The molecule has 10 heteroatoms. The fourth-order valence-electron chi connectivity index (χ4n) is 2.53. The summed E-state index contributed by atoms with van der Waals surface area (Å²) in [4.78, 5) is 37.7. The predicted molar refractivity (Wildman–Crippen MR) is 113 cm³/mol. The molecule has 0 aliphatic heterocycles. The summed E-state index contributed by atoms with van der Waals surface area (Å²) in [7, 11) is 0. The molecule has 0 saturated heterocycles. The van der Waals surface area contributed by atoms with Crippen LogP contribution in [0.5, 0.6) is 0 Å². The average Bonchev–Trinajstić information content (AvgIpc) is 2.71. The monoisotopic (exact) mass is 493 g/mol. The molecule has 0 bridgehead atoms. The highest BCUT2D eigenvalue weighted by Gasteiger charge is 2.21. The molecule has 0 radical (unpaired) electrons. The Morgan fingerprint density at radius 3 is 2.57 bits per heavy atom. The number of halogens is 3. The van der Waals surface area contributed by atoms with Crippen LogP contribution in [0.2, 0.25) is 5.02 Å². The molecule has 1 N–H and O–H groups in total. The van der Waals surface area contributed by atoms with Crippen molar-refractivity contribution in [2.75, 3.05) is 11.9 Å². The summed E-state index contributed by atoms with van der Waals surface area (Å²) < 4.78 is 19.7. The van der Waals surface area contributed by atoms with Crippen molar-refractivity contribution in [3.63, 3.8) is 0 Å². The van der Waals surface area contributed by atoms with Crippen molar-refractivity contribution in [2.24, 2.45) is 0 Å². The van der Waals surface area contributed by atoms with Gasteiger partial charge in [0, 0.05) is 10.5 Å². The lowest BCUT2D eigenvalue weighted by molar-refractivity contribution is 0.0518. The van der Waals surface area contributed by atoms with Crippen LogP contribution in [0.4, 0.5) is 10.1 Å². The molecule has 0 unspecified atom stereocenters. The molecule has 30 heavy (non-hydrogen) atoms. The lowest BCUT2D eigenvalue weighted by atomic mass is 10.2. The molecule has 2 aromatic carbocycles. The lowest BCUT2D eigenvalue weighted by Crippen LogP contribution is -2.27. The minimum absolute atomic E-state index is 0.0566. The molecule has 3 aromatic rings. The van der Waals surface area contributed by atoms with E-state index in [1.165, 1.54) is 24.3 Å². The number of nitrogens with one attached hydrogen (secondary N) is 1. The van der Waals surface area contributed by atoms with Gasteiger partial charge in [0.2, 0.25) is 0 Å². The van der Waals surface area contributed by atoms with Gasteiger partial charge in [-0.2, -0.15) is 9.78 Å². The maximum atomic E-state index is 13.2. The molecule has 1 heterocycles. The van der Waals surface area contributed by atoms with E-state index < -0.39 is 23.3 Å². The maximum Gasteiger partial charge on any atom is 0.360 e. The normalized spacial score (nSPS) is 10.5. The molecule has 3 rings (SSSR count). The van der Waals surface area contributed by atoms with E-state index >= 15 is 0 Å². The highest BCUT2D eigenvalue weighted by molar-refractivity contribution is 9.10. The highest BCUT2D eigenvalue weighted by Crippen LogP contribution is 2.23. The number of hydrogen-bond donors (Lipinski definition) is 1. The number of carbonyl (C=O) groups is 2. The van der Waals surface area contributed by atoms with Crippen molar-refractivity contribution in [1.29, 1.82) is 0 Å². The van der Waals surface area contributed by atoms with Crippen LogP contribution in [0.3, 0.4) is 0 Å². The fraction of sp³-hybridized carbons (Fsp3) is 0.100. The third kappa shape index (κ3) is 4.74. The van der Waals surface area contributed by atoms with Gasteiger partial charge in [-0.15, -0.1) is 0 Å². The van der Waals surface area contributed by atoms with E-state index in [2.05, 4.69) is 26.3 Å². The summed E-state index contributed by atoms with van der Waals surface area (Å²) in [6, 6.07) is 10.7. The molecule has 0 spiro atoms. The summed E-state index contributed by atoms with van der Waals surface area (Å²) >= 11 is 9.33. The Morgan fingerprint density at radius 1 is 1.20 bits per heavy atom. The van der Waals surface area contributed by atoms with Gasteiger partial charge in [0.1, 0.15) is 5.82 Å². The largest absolute Gasteiger partial charge is 0.461 e. The molecule has 0 saturated carbocycles. The van der Waals surface area contributed by atoms with Crippen molar-refractivity contribution in [3.8, 4) is 5.69 Å². The number of benzene rings is 2. The number of carbonyl (C=O) groups excluding carboxylic acids is 2. The number of anilines is 1. The number of nitrogens with zero attached hydrogens (tertiary/aromatic N) is 2. The van der Waals surface area contributed by atoms with Crippen molar-refractivity contribution >= 4 is 45.1 Å². The predicted octanol–water partition coefficient (Wildman–Crippen LogP) is 4.22. The van der Waals surface area contributed by atoms with E-state index in [4.69, 9.17) is 16.3 Å². The molecule has 1 aromatic heterocycles. The second kappa shape index (κ2) is 9.19. The first-order valence-electron chi connectivity index (χ1n) is 8.64. The van der Waals surface area contributed by atoms with Crippen molar-refractivity contribution < 1.29 is 18.7 Å². The molecule has 0 aliphatic rings. The fourth-order valence-corrected chi connectivity index (χ4v) is 3.09. The van der Waals surface area contributed by atoms with Crippen molar-refractivity contribution in [2.45, 2.75) is 6.92 Å². The van der Waals surface area contributed by atoms with Gasteiger partial charge in [0.15, 0.2) is 5.69 Å². The number of ether oxygens (including phenoxy) is 1. The van der Waals surface area contributed by atoms with Gasteiger partial charge < -0.3 is 10.1 Å². The molecular formula is C20H14BrClFN3O4. The number of rotatable bonds is 5. The summed E-state index contributed by atoms with van der Waals surface area (Å²) in [5, 5.41) is 6.69. The van der Waals surface area contributed by atoms with Gasteiger partial charge in [0.25, 0.3) is 11.5 Å². The van der Waals surface area contributed by atoms with E-state index in [9.17, 15) is 18.8 Å². The van der Waals surface area contributed by atoms with Gasteiger partial charge in [-0.1, -0.05) is 27.5 Å². The molecule has 0 aliphatic carbocycles. The number of amides is 1. The maximum absolute atomic E-state index is 13.2. The van der Waals surface area contributed by atoms with E-state index in [1.807, 2.05) is 0 Å². The van der Waals surface area contributed by atoms with E-state index in [-0.39, 0.29) is 34.3 Å². The van der Waals surface area contributed by atoms with Crippen LogP contribution in [0.15, 0.2) is 57.8 Å². The highest BCUT2D eigenvalue weighted by atomic mass is 79.9. The second-order valence-corrected chi connectivity index (χ2v) is 7.25. The van der Waals surface area contributed by atoms with Crippen LogP contribution in [0.25, 0.3) is 5.69 Å². The Hall–Kier alpha value is -3.04. The molecule has 7 nitrogen and oxygen atoms in total. The van der Waals surface area contributed by atoms with E-state index in [0.717, 1.165) is 22.9 Å². The first-order chi connectivity index (χ1) is 14.3. The number of aromatic nitrogens is 2. The van der Waals surface area contributed by atoms with Gasteiger partial charge in [-0.05, 0) is 49.4 Å². The van der Waals surface area contributed by atoms with Crippen molar-refractivity contribution in [3.05, 3.63) is 85.5 Å². The third-order valence-corrected chi connectivity index (χ3v) is 4.72. The van der Waals surface area contributed by atoms with Gasteiger partial charge in [0.05, 0.1) is 28.6 Å². The van der Waals surface area contributed by atoms with E-state index in [1.54, 1.807) is 13.0 Å². The zero-order chi connectivity index (χ0) is 21.8. The molecule has 0 fully saturated rings. The number of esters is 1. The Bertz CT molecular complexity index is 1180. The average molecular weight is 495 g/mol. The molecular weight excluding hydrogens is 481 g/mol. The van der Waals surface area contributed by atoms with Gasteiger partial charge in [-0.3, -0.25) is 9.59 Å². The zero-order valence-corrected chi connectivity index (χ0v) is 17.8. The summed E-state index contributed by atoms with van der Waals surface area (Å²) in [6.07, 6.45) is 0. The quantitative estimate of drug-likeness (QED) is 0.537. The number of hydrogen-bond acceptors (Lipinski definition) is 5. The Morgan fingerprint density at radius 2 is 1.90 bits per heavy atom. The zero-order valence-electron chi connectivity index (χ0n) is 15.5. The minimum atomic E-state index is -0.844. The summed E-state index contributed by atoms with van der Waals surface area (Å²) in [5.41, 5.74) is -0.716.